The molecule has 2 fully saturated rings. The smallest absolute Gasteiger partial charge is 0.272 e. The summed E-state index contributed by atoms with van der Waals surface area (Å²) in [5.74, 6) is -1.77. The average Bonchev–Trinajstić information content (AvgIpc) is 3.62. The van der Waals surface area contributed by atoms with Crippen LogP contribution in [-0.4, -0.2) is 64.1 Å². The lowest BCUT2D eigenvalue weighted by molar-refractivity contribution is -0.138. The van der Waals surface area contributed by atoms with E-state index in [1.807, 2.05) is 4.72 Å². The fourth-order valence-electron chi connectivity index (χ4n) is 4.53. The Labute approximate surface area is 241 Å². The molecule has 216 valence electrons. The van der Waals surface area contributed by atoms with E-state index < -0.39 is 45.5 Å². The molecule has 0 atom stereocenters. The first-order valence-electron chi connectivity index (χ1n) is 12.2. The number of amides is 3. The first kappa shape index (κ1) is 29.1. The van der Waals surface area contributed by atoms with Gasteiger partial charge in [-0.05, 0) is 66.1 Å². The SMILES string of the molecule is O=C(CN1C(=O)S/C(=C/c2ccc3c(cnn3Cc3ccc(Cl)cc3C(F)(F)F)c2)C1=O)NS(=O)(=O)N1CCCC1. The van der Waals surface area contributed by atoms with Crippen molar-refractivity contribution in [2.24, 2.45) is 0 Å². The molecule has 3 amide bonds. The minimum Gasteiger partial charge on any atom is -0.272 e. The summed E-state index contributed by atoms with van der Waals surface area (Å²) in [6, 6.07) is 8.41. The summed E-state index contributed by atoms with van der Waals surface area (Å²) in [7, 11) is -4.05. The van der Waals surface area contributed by atoms with E-state index in [2.05, 4.69) is 5.10 Å². The van der Waals surface area contributed by atoms with Gasteiger partial charge in [0.15, 0.2) is 0 Å². The predicted molar refractivity (Wildman–Crippen MR) is 146 cm³/mol. The number of carbonyl (C=O) groups is 3. The molecule has 0 aliphatic carbocycles. The van der Waals surface area contributed by atoms with Crippen LogP contribution < -0.4 is 4.72 Å². The monoisotopic (exact) mass is 627 g/mol. The van der Waals surface area contributed by atoms with Gasteiger partial charge < -0.3 is 0 Å². The number of thioether (sulfide) groups is 1. The van der Waals surface area contributed by atoms with Crippen LogP contribution in [0.5, 0.6) is 0 Å². The number of carbonyl (C=O) groups excluding carboxylic acids is 3. The second-order valence-corrected chi connectivity index (χ2v) is 12.4. The van der Waals surface area contributed by atoms with E-state index in [-0.39, 0.29) is 35.1 Å². The van der Waals surface area contributed by atoms with Crippen molar-refractivity contribution in [2.45, 2.75) is 25.6 Å². The van der Waals surface area contributed by atoms with Gasteiger partial charge in [0.05, 0.1) is 28.7 Å². The molecule has 16 heteroatoms. The van der Waals surface area contributed by atoms with E-state index in [0.29, 0.717) is 46.0 Å². The van der Waals surface area contributed by atoms with Crippen molar-refractivity contribution < 1.29 is 36.0 Å². The lowest BCUT2D eigenvalue weighted by Gasteiger charge is -2.17. The van der Waals surface area contributed by atoms with Gasteiger partial charge in [-0.1, -0.05) is 23.7 Å². The molecule has 41 heavy (non-hydrogen) atoms. The summed E-state index contributed by atoms with van der Waals surface area (Å²) in [5, 5.41) is 4.02. The Kier molecular flexibility index (Phi) is 7.89. The van der Waals surface area contributed by atoms with Crippen LogP contribution in [0.2, 0.25) is 5.02 Å². The Morgan fingerprint density at radius 1 is 1.12 bits per heavy atom. The maximum absolute atomic E-state index is 13.5. The van der Waals surface area contributed by atoms with Crippen LogP contribution in [0.1, 0.15) is 29.5 Å². The van der Waals surface area contributed by atoms with Crippen molar-refractivity contribution >= 4 is 67.6 Å². The molecule has 10 nitrogen and oxygen atoms in total. The van der Waals surface area contributed by atoms with E-state index in [9.17, 15) is 36.0 Å². The second-order valence-electron chi connectivity index (χ2n) is 9.32. The van der Waals surface area contributed by atoms with Crippen LogP contribution in [0.3, 0.4) is 0 Å². The first-order chi connectivity index (χ1) is 19.3. The highest BCUT2D eigenvalue weighted by Gasteiger charge is 2.38. The molecule has 2 saturated heterocycles. The highest BCUT2D eigenvalue weighted by molar-refractivity contribution is 8.18. The van der Waals surface area contributed by atoms with Crippen LogP contribution >= 0.6 is 23.4 Å². The largest absolute Gasteiger partial charge is 0.416 e. The number of fused-ring (bicyclic) bond motifs is 1. The summed E-state index contributed by atoms with van der Waals surface area (Å²) >= 11 is 6.37. The normalized spacial score (nSPS) is 17.8. The standard InChI is InChI=1S/C25H21ClF3N5O5S2/c26-18-5-4-16(19(11-18)25(27,28)29)13-34-20-6-3-15(9-17(20)12-30-34)10-21-23(36)33(24(37)40-21)14-22(35)31-41(38,39)32-7-1-2-8-32/h3-6,9-12H,1-2,7-8,13-14H2,(H,31,35)/b21-10+. The molecule has 3 aromatic rings. The lowest BCUT2D eigenvalue weighted by atomic mass is 10.1. The van der Waals surface area contributed by atoms with Crippen molar-refractivity contribution in [1.82, 2.24) is 23.7 Å². The highest BCUT2D eigenvalue weighted by atomic mass is 35.5. The third kappa shape index (κ3) is 6.27. The Hall–Kier alpha value is -3.40. The van der Waals surface area contributed by atoms with Crippen molar-refractivity contribution in [3.05, 3.63) is 69.2 Å². The van der Waals surface area contributed by atoms with Gasteiger partial charge in [0, 0.05) is 23.5 Å². The molecule has 2 aliphatic heterocycles. The summed E-state index contributed by atoms with van der Waals surface area (Å²) in [6.45, 7) is -0.355. The molecular formula is C25H21ClF3N5O5S2. The zero-order chi connectivity index (χ0) is 29.5. The first-order valence-corrected chi connectivity index (χ1v) is 14.8. The third-order valence-electron chi connectivity index (χ3n) is 6.48. The molecule has 1 N–H and O–H groups in total. The Bertz CT molecular complexity index is 1700. The van der Waals surface area contributed by atoms with Crippen molar-refractivity contribution in [3.63, 3.8) is 0 Å². The van der Waals surface area contributed by atoms with Gasteiger partial charge in [-0.15, -0.1) is 0 Å². The third-order valence-corrected chi connectivity index (χ3v) is 9.16. The summed E-state index contributed by atoms with van der Waals surface area (Å²) in [4.78, 5) is 38.3. The number of hydrogen-bond donors (Lipinski definition) is 1. The molecular weight excluding hydrogens is 607 g/mol. The van der Waals surface area contributed by atoms with Gasteiger partial charge in [0.25, 0.3) is 17.1 Å². The van der Waals surface area contributed by atoms with Gasteiger partial charge in [0.1, 0.15) is 6.54 Å². The van der Waals surface area contributed by atoms with Crippen molar-refractivity contribution in [1.29, 1.82) is 0 Å². The number of halogens is 4. The molecule has 1 aromatic heterocycles. The maximum atomic E-state index is 13.5. The number of alkyl halides is 3. The molecule has 0 unspecified atom stereocenters. The highest BCUT2D eigenvalue weighted by Crippen LogP contribution is 2.35. The molecule has 0 radical (unpaired) electrons. The van der Waals surface area contributed by atoms with Crippen molar-refractivity contribution in [3.8, 4) is 0 Å². The second kappa shape index (κ2) is 11.1. The van der Waals surface area contributed by atoms with Gasteiger partial charge >= 0.3 is 16.4 Å². The number of aromatic nitrogens is 2. The van der Waals surface area contributed by atoms with Crippen LogP contribution in [-0.2, 0) is 32.5 Å². The van der Waals surface area contributed by atoms with Crippen LogP contribution in [0.15, 0.2) is 47.5 Å². The van der Waals surface area contributed by atoms with Crippen LogP contribution in [0.25, 0.3) is 17.0 Å². The van der Waals surface area contributed by atoms with E-state index in [1.165, 1.54) is 29.1 Å². The minimum absolute atomic E-state index is 0.0121. The Morgan fingerprint density at radius 3 is 2.56 bits per heavy atom. The average molecular weight is 628 g/mol. The number of imide groups is 1. The maximum Gasteiger partial charge on any atom is 0.416 e. The molecule has 3 heterocycles. The molecule has 0 saturated carbocycles. The zero-order valence-corrected chi connectivity index (χ0v) is 23.4. The van der Waals surface area contributed by atoms with Gasteiger partial charge in [-0.25, -0.2) is 4.72 Å². The molecule has 2 aliphatic rings. The molecule has 0 bridgehead atoms. The Balaban J connectivity index is 1.30. The zero-order valence-electron chi connectivity index (χ0n) is 21.0. The summed E-state index contributed by atoms with van der Waals surface area (Å²) in [5.41, 5.74) is 0.172. The number of nitrogens with one attached hydrogen (secondary N) is 1. The fraction of sp³-hybridized carbons (Fsp3) is 0.280. The number of benzene rings is 2. The molecule has 0 spiro atoms. The van der Waals surface area contributed by atoms with Crippen LogP contribution in [0, 0.1) is 0 Å². The summed E-state index contributed by atoms with van der Waals surface area (Å²) in [6.07, 6.45) is -0.343. The van der Waals surface area contributed by atoms with Gasteiger partial charge in [-0.3, -0.25) is 24.0 Å². The fourth-order valence-corrected chi connectivity index (χ4v) is 6.76. The topological polar surface area (TPSA) is 122 Å². The Morgan fingerprint density at radius 2 is 1.85 bits per heavy atom. The number of nitrogens with zero attached hydrogens (tertiary/aromatic N) is 4. The van der Waals surface area contributed by atoms with E-state index in [4.69, 9.17) is 11.6 Å². The quantitative estimate of drug-likeness (QED) is 0.389. The molecule has 5 rings (SSSR count). The van der Waals surface area contributed by atoms with Crippen LogP contribution in [0.4, 0.5) is 18.0 Å². The van der Waals surface area contributed by atoms with E-state index in [1.54, 1.807) is 18.2 Å². The van der Waals surface area contributed by atoms with Gasteiger partial charge in [0.2, 0.25) is 0 Å². The predicted octanol–water partition coefficient (Wildman–Crippen LogP) is 4.25. The molecule has 2 aromatic carbocycles. The summed E-state index contributed by atoms with van der Waals surface area (Å²) < 4.78 is 69.5. The van der Waals surface area contributed by atoms with E-state index >= 15 is 0 Å². The van der Waals surface area contributed by atoms with E-state index in [0.717, 1.165) is 10.4 Å². The number of rotatable bonds is 7. The van der Waals surface area contributed by atoms with Crippen molar-refractivity contribution in [2.75, 3.05) is 19.6 Å². The van der Waals surface area contributed by atoms with Gasteiger partial charge in [-0.2, -0.15) is 31.0 Å². The minimum atomic E-state index is -4.60. The number of hydrogen-bond acceptors (Lipinski definition) is 7. The lowest BCUT2D eigenvalue weighted by Crippen LogP contribution is -2.46.